The Morgan fingerprint density at radius 1 is 0.967 bits per heavy atom. The summed E-state index contributed by atoms with van der Waals surface area (Å²) in [5.41, 5.74) is 1.25. The average molecular weight is 401 g/mol. The van der Waals surface area contributed by atoms with Crippen LogP contribution in [0.15, 0.2) is 88.6 Å². The van der Waals surface area contributed by atoms with Gasteiger partial charge < -0.3 is 10.3 Å². The molecule has 0 aliphatic heterocycles. The van der Waals surface area contributed by atoms with Gasteiger partial charge in [0, 0.05) is 17.1 Å². The van der Waals surface area contributed by atoms with Crippen LogP contribution in [0.25, 0.3) is 16.6 Å². The van der Waals surface area contributed by atoms with Gasteiger partial charge in [0.05, 0.1) is 11.2 Å². The van der Waals surface area contributed by atoms with Crippen LogP contribution in [0.3, 0.4) is 0 Å². The summed E-state index contributed by atoms with van der Waals surface area (Å²) < 4.78 is 1.52. The monoisotopic (exact) mass is 401 g/mol. The van der Waals surface area contributed by atoms with E-state index in [0.717, 1.165) is 0 Å². The quantitative estimate of drug-likeness (QED) is 0.361. The van der Waals surface area contributed by atoms with Crippen molar-refractivity contribution in [2.24, 2.45) is 4.99 Å². The minimum absolute atomic E-state index is 0.0144. The van der Waals surface area contributed by atoms with Crippen LogP contribution < -0.4 is 10.8 Å². The van der Waals surface area contributed by atoms with Crippen LogP contribution in [0, 0.1) is 5.21 Å². The van der Waals surface area contributed by atoms with Crippen LogP contribution in [0.1, 0.15) is 12.5 Å². The zero-order valence-electron chi connectivity index (χ0n) is 16.1. The van der Waals surface area contributed by atoms with E-state index in [1.54, 1.807) is 61.5 Å². The first-order valence-corrected chi connectivity index (χ1v) is 9.29. The number of fused-ring (bicyclic) bond motifs is 1. The number of pyridine rings is 1. The molecule has 1 aromatic heterocycles. The van der Waals surface area contributed by atoms with Gasteiger partial charge in [-0.2, -0.15) is 5.23 Å². The number of rotatable bonds is 4. The molecule has 0 bridgehead atoms. The molecule has 7 heteroatoms. The van der Waals surface area contributed by atoms with Crippen molar-refractivity contribution in [3.8, 4) is 11.4 Å². The van der Waals surface area contributed by atoms with Crippen molar-refractivity contribution in [1.82, 2.24) is 4.57 Å². The minimum atomic E-state index is -1.12. The van der Waals surface area contributed by atoms with Gasteiger partial charge in [-0.15, -0.1) is 0 Å². The van der Waals surface area contributed by atoms with E-state index in [-0.39, 0.29) is 28.4 Å². The Bertz CT molecular complexity index is 1310. The van der Waals surface area contributed by atoms with Gasteiger partial charge in [0.15, 0.2) is 5.69 Å². The highest BCUT2D eigenvalue weighted by Crippen LogP contribution is 2.30. The first-order chi connectivity index (χ1) is 14.5. The fourth-order valence-electron chi connectivity index (χ4n) is 3.47. The third-order valence-electron chi connectivity index (χ3n) is 4.85. The normalized spacial score (nSPS) is 12.8. The van der Waals surface area contributed by atoms with Crippen molar-refractivity contribution >= 4 is 28.0 Å². The Kier molecular flexibility index (Phi) is 5.16. The Morgan fingerprint density at radius 3 is 2.33 bits per heavy atom. The molecule has 0 saturated carbocycles. The summed E-state index contributed by atoms with van der Waals surface area (Å²) in [5, 5.41) is 31.2. The lowest BCUT2D eigenvalue weighted by Gasteiger charge is -2.16. The molecule has 1 atom stereocenters. The van der Waals surface area contributed by atoms with Crippen LogP contribution in [-0.2, 0) is 0 Å². The number of benzene rings is 3. The second-order valence-corrected chi connectivity index (χ2v) is 6.74. The van der Waals surface area contributed by atoms with Gasteiger partial charge in [0.1, 0.15) is 17.0 Å². The smallest absolute Gasteiger partial charge is 0.268 e. The summed E-state index contributed by atoms with van der Waals surface area (Å²) in [5.74, 6) is -0.183. The van der Waals surface area contributed by atoms with Crippen molar-refractivity contribution < 1.29 is 15.5 Å². The fraction of sp³-hybridized carbons (Fsp3) is 0.0435. The first kappa shape index (κ1) is 19.5. The summed E-state index contributed by atoms with van der Waals surface area (Å²) in [7, 11) is 0. The molecule has 0 aliphatic carbocycles. The molecule has 0 fully saturated rings. The molecule has 4 aromatic rings. The molecule has 0 amide bonds. The van der Waals surface area contributed by atoms with Crippen molar-refractivity contribution in [3.05, 3.63) is 100.0 Å². The molecule has 1 heterocycles. The number of para-hydroxylation sites is 4. The number of aliphatic imine (C=N–C) groups is 1. The third-order valence-corrected chi connectivity index (χ3v) is 4.85. The lowest BCUT2D eigenvalue weighted by molar-refractivity contribution is -0.990. The topological polar surface area (TPSA) is 102 Å². The number of aromatic hydroxyl groups is 1. The maximum Gasteiger partial charge on any atom is 0.268 e. The molecular weight excluding hydrogens is 382 g/mol. The van der Waals surface area contributed by atoms with Gasteiger partial charge >= 0.3 is 0 Å². The molecule has 3 N–H and O–H groups in total. The number of quaternary nitrogens is 1. The molecule has 4 rings (SSSR count). The summed E-state index contributed by atoms with van der Waals surface area (Å²) in [6, 6.07) is 22.5. The first-order valence-electron chi connectivity index (χ1n) is 9.29. The molecule has 0 saturated heterocycles. The number of hydrogen-bond acceptors (Lipinski definition) is 5. The van der Waals surface area contributed by atoms with E-state index in [4.69, 9.17) is 0 Å². The predicted octanol–water partition coefficient (Wildman–Crippen LogP) is 3.24. The van der Waals surface area contributed by atoms with Crippen LogP contribution in [-0.4, -0.2) is 20.6 Å². The Hall–Kier alpha value is -3.78. The molecular formula is C23H19N3O4. The van der Waals surface area contributed by atoms with E-state index in [9.17, 15) is 20.3 Å². The van der Waals surface area contributed by atoms with Crippen LogP contribution in [0.2, 0.25) is 0 Å². The SMILES string of the molecule is CC(=Nc1ccccc1[NH+]([O-])O)c1c(O)c2ccccc2n(-c2ccccc2)c1=O. The van der Waals surface area contributed by atoms with Crippen molar-refractivity contribution in [2.45, 2.75) is 6.92 Å². The largest absolute Gasteiger partial charge is 0.595 e. The zero-order valence-corrected chi connectivity index (χ0v) is 16.1. The zero-order chi connectivity index (χ0) is 21.3. The second-order valence-electron chi connectivity index (χ2n) is 6.74. The second kappa shape index (κ2) is 7.92. The highest BCUT2D eigenvalue weighted by Gasteiger charge is 2.20. The summed E-state index contributed by atoms with van der Waals surface area (Å²) in [6.45, 7) is 1.58. The molecule has 150 valence electrons. The number of aromatic nitrogens is 1. The van der Waals surface area contributed by atoms with Crippen LogP contribution in [0.5, 0.6) is 5.75 Å². The number of hydrogen-bond donors (Lipinski definition) is 3. The molecule has 0 aliphatic rings. The van der Waals surface area contributed by atoms with Gasteiger partial charge in [0.25, 0.3) is 5.56 Å². The molecule has 1 unspecified atom stereocenters. The van der Waals surface area contributed by atoms with Crippen molar-refractivity contribution in [1.29, 1.82) is 0 Å². The van der Waals surface area contributed by atoms with Gasteiger partial charge in [-0.3, -0.25) is 9.36 Å². The maximum absolute atomic E-state index is 13.5. The van der Waals surface area contributed by atoms with E-state index in [1.807, 2.05) is 18.2 Å². The molecule has 7 nitrogen and oxygen atoms in total. The Morgan fingerprint density at radius 2 is 1.60 bits per heavy atom. The summed E-state index contributed by atoms with van der Waals surface area (Å²) in [4.78, 5) is 17.8. The Labute approximate surface area is 171 Å². The van der Waals surface area contributed by atoms with Gasteiger partial charge in [-0.25, -0.2) is 10.2 Å². The van der Waals surface area contributed by atoms with Crippen LogP contribution >= 0.6 is 0 Å². The van der Waals surface area contributed by atoms with Gasteiger partial charge in [-0.05, 0) is 37.3 Å². The third kappa shape index (κ3) is 3.37. The van der Waals surface area contributed by atoms with Gasteiger partial charge in [0.2, 0.25) is 0 Å². The summed E-state index contributed by atoms with van der Waals surface area (Å²) in [6.07, 6.45) is 0. The minimum Gasteiger partial charge on any atom is -0.595 e. The lowest BCUT2D eigenvalue weighted by atomic mass is 10.1. The molecule has 30 heavy (non-hydrogen) atoms. The van der Waals surface area contributed by atoms with Crippen molar-refractivity contribution in [3.63, 3.8) is 0 Å². The maximum atomic E-state index is 13.5. The number of nitrogens with zero attached hydrogens (tertiary/aromatic N) is 2. The molecule has 0 radical (unpaired) electrons. The van der Waals surface area contributed by atoms with Crippen LogP contribution in [0.4, 0.5) is 11.4 Å². The average Bonchev–Trinajstić information content (AvgIpc) is 2.75. The van der Waals surface area contributed by atoms with E-state index < -0.39 is 10.8 Å². The highest BCUT2D eigenvalue weighted by molar-refractivity contribution is 6.06. The Balaban J connectivity index is 2.02. The molecule has 0 spiro atoms. The standard InChI is InChI=1S/C23H19N3O4/c1-15(24-18-12-6-8-14-20(18)26(29)30)21-22(27)17-11-5-7-13-19(17)25(23(21)28)16-9-3-2-4-10-16/h2-14,26-27,29H,1H3. The fourth-order valence-corrected chi connectivity index (χ4v) is 3.47. The van der Waals surface area contributed by atoms with Crippen molar-refractivity contribution in [2.75, 3.05) is 0 Å². The lowest BCUT2D eigenvalue weighted by Crippen LogP contribution is -2.99. The van der Waals surface area contributed by atoms with E-state index >= 15 is 0 Å². The number of nitrogens with one attached hydrogen (secondary N) is 1. The highest BCUT2D eigenvalue weighted by atomic mass is 16.8. The predicted molar refractivity (Wildman–Crippen MR) is 115 cm³/mol. The van der Waals surface area contributed by atoms with E-state index in [0.29, 0.717) is 16.6 Å². The van der Waals surface area contributed by atoms with Gasteiger partial charge in [-0.1, -0.05) is 42.5 Å². The molecule has 3 aromatic carbocycles. The summed E-state index contributed by atoms with van der Waals surface area (Å²) >= 11 is 0. The van der Waals surface area contributed by atoms with E-state index in [2.05, 4.69) is 4.99 Å². The van der Waals surface area contributed by atoms with E-state index in [1.165, 1.54) is 10.6 Å².